The van der Waals surface area contributed by atoms with Crippen LogP contribution in [0.25, 0.3) is 0 Å². The molecule has 0 aliphatic carbocycles. The van der Waals surface area contributed by atoms with Gasteiger partial charge in [0.05, 0.1) is 7.11 Å². The number of carbonyl (C=O) groups excluding carboxylic acids is 3. The number of nitrogens with zero attached hydrogens (tertiary/aromatic N) is 1. The number of hydrogen-bond acceptors (Lipinski definition) is 4. The number of methoxy groups -OCH3 is 1. The van der Waals surface area contributed by atoms with E-state index < -0.39 is 0 Å². The van der Waals surface area contributed by atoms with E-state index in [-0.39, 0.29) is 29.9 Å². The second-order valence-corrected chi connectivity index (χ2v) is 7.57. The monoisotopic (exact) mass is 408 g/mol. The number of ether oxygens (including phenoxy) is 1. The van der Waals surface area contributed by atoms with E-state index in [1.807, 2.05) is 25.1 Å². The standard InChI is InChI=1S/C24H28N2O4/c1-17-5-3-4-6-21(17)24(29)25-14-11-22(27)26-15-12-19(13-16-26)23(28)18-7-9-20(30-2)10-8-18/h3-10,19H,11-16H2,1-2H3,(H,25,29). The van der Waals surface area contributed by atoms with Crippen molar-refractivity contribution in [2.24, 2.45) is 5.92 Å². The third kappa shape index (κ3) is 5.26. The normalized spacial score (nSPS) is 14.3. The van der Waals surface area contributed by atoms with E-state index in [0.29, 0.717) is 43.6 Å². The fourth-order valence-electron chi connectivity index (χ4n) is 3.75. The summed E-state index contributed by atoms with van der Waals surface area (Å²) in [5, 5.41) is 2.82. The SMILES string of the molecule is COc1ccc(C(=O)C2CCN(C(=O)CCNC(=O)c3ccccc3C)CC2)cc1. The lowest BCUT2D eigenvalue weighted by Crippen LogP contribution is -2.41. The van der Waals surface area contributed by atoms with Gasteiger partial charge in [0.25, 0.3) is 5.91 Å². The van der Waals surface area contributed by atoms with Crippen LogP contribution in [-0.2, 0) is 4.79 Å². The first-order valence-corrected chi connectivity index (χ1v) is 10.3. The van der Waals surface area contributed by atoms with E-state index in [4.69, 9.17) is 4.74 Å². The Bertz CT molecular complexity index is 900. The van der Waals surface area contributed by atoms with Crippen molar-refractivity contribution in [2.75, 3.05) is 26.7 Å². The van der Waals surface area contributed by atoms with Gasteiger partial charge in [0.2, 0.25) is 5.91 Å². The molecule has 2 aromatic carbocycles. The fraction of sp³-hybridized carbons (Fsp3) is 0.375. The van der Waals surface area contributed by atoms with Gasteiger partial charge in [-0.1, -0.05) is 18.2 Å². The molecule has 0 atom stereocenters. The molecule has 0 radical (unpaired) electrons. The number of carbonyl (C=O) groups is 3. The molecule has 0 bridgehead atoms. The molecular formula is C24H28N2O4. The molecule has 158 valence electrons. The Balaban J connectivity index is 1.43. The lowest BCUT2D eigenvalue weighted by Gasteiger charge is -2.31. The molecule has 6 heteroatoms. The number of hydrogen-bond donors (Lipinski definition) is 1. The van der Waals surface area contributed by atoms with Crippen LogP contribution in [-0.4, -0.2) is 49.2 Å². The second kappa shape index (κ2) is 10.1. The number of aryl methyl sites for hydroxylation is 1. The van der Waals surface area contributed by atoms with Crippen molar-refractivity contribution in [3.63, 3.8) is 0 Å². The average molecular weight is 408 g/mol. The van der Waals surface area contributed by atoms with Gasteiger partial charge in [0.1, 0.15) is 5.75 Å². The molecule has 0 saturated carbocycles. The summed E-state index contributed by atoms with van der Waals surface area (Å²) >= 11 is 0. The zero-order chi connectivity index (χ0) is 21.5. The molecule has 6 nitrogen and oxygen atoms in total. The predicted molar refractivity (Wildman–Crippen MR) is 115 cm³/mol. The molecule has 2 aromatic rings. The number of Topliss-reactive ketones (excluding diaryl/α,β-unsaturated/α-hetero) is 1. The van der Waals surface area contributed by atoms with Crippen molar-refractivity contribution in [1.29, 1.82) is 0 Å². The van der Waals surface area contributed by atoms with Gasteiger partial charge in [0.15, 0.2) is 5.78 Å². The van der Waals surface area contributed by atoms with Gasteiger partial charge in [-0.25, -0.2) is 0 Å². The zero-order valence-corrected chi connectivity index (χ0v) is 17.5. The van der Waals surface area contributed by atoms with Crippen molar-refractivity contribution >= 4 is 17.6 Å². The molecule has 1 fully saturated rings. The molecule has 30 heavy (non-hydrogen) atoms. The first kappa shape index (κ1) is 21.6. The molecule has 2 amide bonds. The number of amides is 2. The molecule has 0 unspecified atom stereocenters. The summed E-state index contributed by atoms with van der Waals surface area (Å²) in [5.74, 6) is 0.625. The van der Waals surface area contributed by atoms with Gasteiger partial charge < -0.3 is 15.0 Å². The number of benzene rings is 2. The Hall–Kier alpha value is -3.15. The summed E-state index contributed by atoms with van der Waals surface area (Å²) in [4.78, 5) is 39.2. The average Bonchev–Trinajstić information content (AvgIpc) is 2.79. The highest BCUT2D eigenvalue weighted by Crippen LogP contribution is 2.23. The van der Waals surface area contributed by atoms with E-state index in [2.05, 4.69) is 5.32 Å². The van der Waals surface area contributed by atoms with Gasteiger partial charge in [-0.2, -0.15) is 0 Å². The number of nitrogens with one attached hydrogen (secondary N) is 1. The Morgan fingerprint density at radius 3 is 2.33 bits per heavy atom. The van der Waals surface area contributed by atoms with Crippen LogP contribution in [0.1, 0.15) is 45.5 Å². The lowest BCUT2D eigenvalue weighted by atomic mass is 9.89. The van der Waals surface area contributed by atoms with E-state index in [0.717, 1.165) is 11.3 Å². The summed E-state index contributed by atoms with van der Waals surface area (Å²) in [5.41, 5.74) is 2.22. The van der Waals surface area contributed by atoms with Crippen molar-refractivity contribution in [2.45, 2.75) is 26.2 Å². The molecular weight excluding hydrogens is 380 g/mol. The lowest BCUT2D eigenvalue weighted by molar-refractivity contribution is -0.132. The Labute approximate surface area is 177 Å². The Morgan fingerprint density at radius 2 is 1.70 bits per heavy atom. The first-order chi connectivity index (χ1) is 14.5. The van der Waals surface area contributed by atoms with Gasteiger partial charge in [0, 0.05) is 43.1 Å². The van der Waals surface area contributed by atoms with E-state index >= 15 is 0 Å². The van der Waals surface area contributed by atoms with Crippen molar-refractivity contribution in [3.05, 3.63) is 65.2 Å². The maximum atomic E-state index is 12.7. The largest absolute Gasteiger partial charge is 0.497 e. The van der Waals surface area contributed by atoms with Gasteiger partial charge in [-0.3, -0.25) is 14.4 Å². The van der Waals surface area contributed by atoms with Crippen LogP contribution in [0.2, 0.25) is 0 Å². The minimum atomic E-state index is -0.162. The third-order valence-electron chi connectivity index (χ3n) is 5.61. The number of ketones is 1. The quantitative estimate of drug-likeness (QED) is 0.714. The minimum Gasteiger partial charge on any atom is -0.497 e. The van der Waals surface area contributed by atoms with E-state index in [1.54, 1.807) is 42.3 Å². The van der Waals surface area contributed by atoms with Crippen LogP contribution in [0.4, 0.5) is 0 Å². The smallest absolute Gasteiger partial charge is 0.251 e. The highest BCUT2D eigenvalue weighted by molar-refractivity contribution is 5.98. The minimum absolute atomic E-state index is 0.00966. The highest BCUT2D eigenvalue weighted by Gasteiger charge is 2.27. The molecule has 1 aliphatic heterocycles. The molecule has 1 N–H and O–H groups in total. The highest BCUT2D eigenvalue weighted by atomic mass is 16.5. The van der Waals surface area contributed by atoms with Gasteiger partial charge >= 0.3 is 0 Å². The van der Waals surface area contributed by atoms with E-state index in [9.17, 15) is 14.4 Å². The topological polar surface area (TPSA) is 75.7 Å². The van der Waals surface area contributed by atoms with Crippen LogP contribution in [0.15, 0.2) is 48.5 Å². The van der Waals surface area contributed by atoms with Crippen LogP contribution < -0.4 is 10.1 Å². The summed E-state index contributed by atoms with van der Waals surface area (Å²) < 4.78 is 5.13. The van der Waals surface area contributed by atoms with E-state index in [1.165, 1.54) is 0 Å². The summed E-state index contributed by atoms with van der Waals surface area (Å²) in [6.45, 7) is 3.32. The first-order valence-electron chi connectivity index (χ1n) is 10.3. The van der Waals surface area contributed by atoms with Gasteiger partial charge in [-0.15, -0.1) is 0 Å². The number of piperidine rings is 1. The molecule has 1 aliphatic rings. The van der Waals surface area contributed by atoms with Crippen molar-refractivity contribution in [3.8, 4) is 5.75 Å². The summed E-state index contributed by atoms with van der Waals surface area (Å²) in [6, 6.07) is 14.5. The Kier molecular flexibility index (Phi) is 7.22. The van der Waals surface area contributed by atoms with Gasteiger partial charge in [-0.05, 0) is 55.7 Å². The van der Waals surface area contributed by atoms with Crippen LogP contribution in [0.5, 0.6) is 5.75 Å². The predicted octanol–water partition coefficient (Wildman–Crippen LogP) is 3.25. The fourth-order valence-corrected chi connectivity index (χ4v) is 3.75. The molecule has 1 saturated heterocycles. The number of likely N-dealkylation sites (tertiary alicyclic amines) is 1. The molecule has 1 heterocycles. The zero-order valence-electron chi connectivity index (χ0n) is 17.5. The molecule has 3 rings (SSSR count). The number of rotatable bonds is 7. The Morgan fingerprint density at radius 1 is 1.03 bits per heavy atom. The van der Waals surface area contributed by atoms with Crippen LogP contribution >= 0.6 is 0 Å². The third-order valence-corrected chi connectivity index (χ3v) is 5.61. The summed E-state index contributed by atoms with van der Waals surface area (Å²) in [6.07, 6.45) is 1.58. The molecule has 0 spiro atoms. The molecule has 0 aromatic heterocycles. The second-order valence-electron chi connectivity index (χ2n) is 7.57. The van der Waals surface area contributed by atoms with Crippen LogP contribution in [0.3, 0.4) is 0 Å². The van der Waals surface area contributed by atoms with Crippen molar-refractivity contribution in [1.82, 2.24) is 10.2 Å². The maximum absolute atomic E-state index is 12.7. The van der Waals surface area contributed by atoms with Crippen molar-refractivity contribution < 1.29 is 19.1 Å². The van der Waals surface area contributed by atoms with Crippen LogP contribution in [0, 0.1) is 12.8 Å². The maximum Gasteiger partial charge on any atom is 0.251 e. The summed E-state index contributed by atoms with van der Waals surface area (Å²) in [7, 11) is 1.59.